The molecule has 4 heteroatoms. The van der Waals surface area contributed by atoms with Crippen molar-refractivity contribution < 1.29 is 4.79 Å². The second-order valence-corrected chi connectivity index (χ2v) is 6.31. The van der Waals surface area contributed by atoms with Crippen molar-refractivity contribution in [1.29, 1.82) is 0 Å². The molecule has 0 fully saturated rings. The number of hydrogen-bond acceptors (Lipinski definition) is 3. The highest BCUT2D eigenvalue weighted by atomic mass is 32.2. The summed E-state index contributed by atoms with van der Waals surface area (Å²) in [7, 11) is 0. The Labute approximate surface area is 114 Å². The zero-order chi connectivity index (χ0) is 13.7. The van der Waals surface area contributed by atoms with Crippen molar-refractivity contribution in [2.45, 2.75) is 37.8 Å². The summed E-state index contributed by atoms with van der Waals surface area (Å²) in [5, 5.41) is 2.84. The molecule has 1 amide bonds. The zero-order valence-electron chi connectivity index (χ0n) is 11.5. The van der Waals surface area contributed by atoms with Crippen LogP contribution in [0.3, 0.4) is 0 Å². The van der Waals surface area contributed by atoms with Gasteiger partial charge in [0, 0.05) is 17.1 Å². The molecule has 0 aromatic heterocycles. The molecular weight excluding hydrogens is 244 g/mol. The lowest BCUT2D eigenvalue weighted by atomic mass is 10.2. The van der Waals surface area contributed by atoms with Crippen molar-refractivity contribution in [3.05, 3.63) is 23.8 Å². The number of nitrogen functional groups attached to an aromatic ring is 1. The van der Waals surface area contributed by atoms with E-state index in [2.05, 4.69) is 19.2 Å². The molecule has 1 rings (SSSR count). The van der Waals surface area contributed by atoms with Crippen molar-refractivity contribution in [2.24, 2.45) is 5.92 Å². The number of anilines is 1. The Morgan fingerprint density at radius 3 is 2.67 bits per heavy atom. The molecule has 18 heavy (non-hydrogen) atoms. The second-order valence-electron chi connectivity index (χ2n) is 4.92. The van der Waals surface area contributed by atoms with E-state index in [9.17, 15) is 4.79 Å². The SMILES string of the molecule is Cc1ccc(N)cc1SC(C)C(=O)NCC(C)C. The first-order chi connectivity index (χ1) is 8.40. The fourth-order valence-corrected chi connectivity index (χ4v) is 2.47. The molecule has 0 radical (unpaired) electrons. The van der Waals surface area contributed by atoms with Gasteiger partial charge in [-0.3, -0.25) is 4.79 Å². The van der Waals surface area contributed by atoms with Gasteiger partial charge in [0.05, 0.1) is 5.25 Å². The second kappa shape index (κ2) is 6.69. The minimum absolute atomic E-state index is 0.0792. The lowest BCUT2D eigenvalue weighted by Gasteiger charge is -2.14. The highest BCUT2D eigenvalue weighted by Crippen LogP contribution is 2.28. The quantitative estimate of drug-likeness (QED) is 0.636. The molecule has 0 saturated heterocycles. The fourth-order valence-electron chi connectivity index (χ4n) is 1.44. The maximum atomic E-state index is 11.9. The number of aryl methyl sites for hydroxylation is 1. The summed E-state index contributed by atoms with van der Waals surface area (Å²) >= 11 is 1.55. The average Bonchev–Trinajstić information content (AvgIpc) is 2.30. The van der Waals surface area contributed by atoms with Crippen LogP contribution >= 0.6 is 11.8 Å². The van der Waals surface area contributed by atoms with Gasteiger partial charge in [-0.15, -0.1) is 11.8 Å². The normalized spacial score (nSPS) is 12.5. The predicted octanol–water partition coefficient (Wildman–Crippen LogP) is 2.83. The standard InChI is InChI=1S/C14H22N2OS/c1-9(2)8-16-14(17)11(4)18-13-7-12(15)6-5-10(13)3/h5-7,9,11H,8,15H2,1-4H3,(H,16,17). The maximum absolute atomic E-state index is 11.9. The summed E-state index contributed by atoms with van der Waals surface area (Å²) in [6, 6.07) is 5.78. The van der Waals surface area contributed by atoms with Crippen LogP contribution in [0.2, 0.25) is 0 Å². The van der Waals surface area contributed by atoms with Gasteiger partial charge in [-0.1, -0.05) is 19.9 Å². The molecule has 1 aromatic carbocycles. The molecule has 1 atom stereocenters. The van der Waals surface area contributed by atoms with Crippen LogP contribution in [-0.2, 0) is 4.79 Å². The number of hydrogen-bond donors (Lipinski definition) is 2. The number of nitrogens with one attached hydrogen (secondary N) is 1. The number of carbonyl (C=O) groups excluding carboxylic acids is 1. The van der Waals surface area contributed by atoms with E-state index in [-0.39, 0.29) is 11.2 Å². The van der Waals surface area contributed by atoms with Crippen molar-refractivity contribution in [3.63, 3.8) is 0 Å². The van der Waals surface area contributed by atoms with Crippen LogP contribution in [0.25, 0.3) is 0 Å². The van der Waals surface area contributed by atoms with E-state index in [0.29, 0.717) is 5.92 Å². The molecule has 0 saturated carbocycles. The largest absolute Gasteiger partial charge is 0.399 e. The molecule has 0 aliphatic carbocycles. The summed E-state index contributed by atoms with van der Waals surface area (Å²) in [6.45, 7) is 8.84. The van der Waals surface area contributed by atoms with Crippen LogP contribution in [-0.4, -0.2) is 17.7 Å². The Bertz CT molecular complexity index is 418. The Kier molecular flexibility index (Phi) is 5.54. The summed E-state index contributed by atoms with van der Waals surface area (Å²) in [5.41, 5.74) is 7.65. The number of rotatable bonds is 5. The smallest absolute Gasteiger partial charge is 0.233 e. The zero-order valence-corrected chi connectivity index (χ0v) is 12.3. The van der Waals surface area contributed by atoms with Gasteiger partial charge >= 0.3 is 0 Å². The fraction of sp³-hybridized carbons (Fsp3) is 0.500. The van der Waals surface area contributed by atoms with E-state index in [4.69, 9.17) is 5.73 Å². The summed E-state index contributed by atoms with van der Waals surface area (Å²) in [6.07, 6.45) is 0. The van der Waals surface area contributed by atoms with Gasteiger partial charge < -0.3 is 11.1 Å². The molecule has 0 heterocycles. The number of thioether (sulfide) groups is 1. The van der Waals surface area contributed by atoms with Crippen molar-refractivity contribution >= 4 is 23.4 Å². The average molecular weight is 266 g/mol. The van der Waals surface area contributed by atoms with Gasteiger partial charge in [-0.05, 0) is 37.5 Å². The predicted molar refractivity (Wildman–Crippen MR) is 78.8 cm³/mol. The first kappa shape index (κ1) is 14.9. The monoisotopic (exact) mass is 266 g/mol. The molecule has 1 unspecified atom stereocenters. The van der Waals surface area contributed by atoms with Gasteiger partial charge in [0.1, 0.15) is 0 Å². The van der Waals surface area contributed by atoms with Crippen LogP contribution < -0.4 is 11.1 Å². The number of benzene rings is 1. The van der Waals surface area contributed by atoms with E-state index < -0.39 is 0 Å². The minimum atomic E-state index is -0.107. The van der Waals surface area contributed by atoms with Gasteiger partial charge in [0.2, 0.25) is 5.91 Å². The van der Waals surface area contributed by atoms with Gasteiger partial charge in [-0.2, -0.15) is 0 Å². The third-order valence-corrected chi connectivity index (χ3v) is 3.83. The van der Waals surface area contributed by atoms with Crippen molar-refractivity contribution in [3.8, 4) is 0 Å². The first-order valence-corrected chi connectivity index (χ1v) is 7.08. The van der Waals surface area contributed by atoms with E-state index >= 15 is 0 Å². The maximum Gasteiger partial charge on any atom is 0.233 e. The molecule has 3 N–H and O–H groups in total. The number of nitrogens with two attached hydrogens (primary N) is 1. The molecular formula is C14H22N2OS. The van der Waals surface area contributed by atoms with Crippen LogP contribution in [0.15, 0.2) is 23.1 Å². The molecule has 0 spiro atoms. The lowest BCUT2D eigenvalue weighted by molar-refractivity contribution is -0.120. The molecule has 0 aliphatic heterocycles. The number of amides is 1. The topological polar surface area (TPSA) is 55.1 Å². The van der Waals surface area contributed by atoms with Gasteiger partial charge in [0.25, 0.3) is 0 Å². The Morgan fingerprint density at radius 1 is 1.39 bits per heavy atom. The molecule has 0 bridgehead atoms. The lowest BCUT2D eigenvalue weighted by Crippen LogP contribution is -2.33. The minimum Gasteiger partial charge on any atom is -0.399 e. The van der Waals surface area contributed by atoms with E-state index in [1.807, 2.05) is 32.0 Å². The summed E-state index contributed by atoms with van der Waals surface area (Å²) < 4.78 is 0. The first-order valence-electron chi connectivity index (χ1n) is 6.20. The Hall–Kier alpha value is -1.16. The molecule has 3 nitrogen and oxygen atoms in total. The van der Waals surface area contributed by atoms with Crippen LogP contribution in [0.1, 0.15) is 26.3 Å². The van der Waals surface area contributed by atoms with Crippen molar-refractivity contribution in [1.82, 2.24) is 5.32 Å². The van der Waals surface area contributed by atoms with Crippen molar-refractivity contribution in [2.75, 3.05) is 12.3 Å². The molecule has 0 aliphatic rings. The van der Waals surface area contributed by atoms with Gasteiger partial charge in [0.15, 0.2) is 0 Å². The Balaban J connectivity index is 2.60. The summed E-state index contributed by atoms with van der Waals surface area (Å²) in [5.74, 6) is 0.552. The number of carbonyl (C=O) groups is 1. The van der Waals surface area contributed by atoms with Crippen LogP contribution in [0.5, 0.6) is 0 Å². The molecule has 1 aromatic rings. The van der Waals surface area contributed by atoms with E-state index in [0.717, 1.165) is 22.7 Å². The van der Waals surface area contributed by atoms with E-state index in [1.54, 1.807) is 11.8 Å². The van der Waals surface area contributed by atoms with E-state index in [1.165, 1.54) is 0 Å². The summed E-state index contributed by atoms with van der Waals surface area (Å²) in [4.78, 5) is 13.0. The van der Waals surface area contributed by atoms with Crippen LogP contribution in [0, 0.1) is 12.8 Å². The highest BCUT2D eigenvalue weighted by molar-refractivity contribution is 8.00. The third kappa shape index (κ3) is 4.61. The van der Waals surface area contributed by atoms with Gasteiger partial charge in [-0.25, -0.2) is 0 Å². The third-order valence-electron chi connectivity index (χ3n) is 2.57. The molecule has 100 valence electrons. The Morgan fingerprint density at radius 2 is 2.06 bits per heavy atom. The highest BCUT2D eigenvalue weighted by Gasteiger charge is 2.15. The van der Waals surface area contributed by atoms with Crippen LogP contribution in [0.4, 0.5) is 5.69 Å².